The van der Waals surface area contributed by atoms with Crippen LogP contribution < -0.4 is 5.32 Å². The summed E-state index contributed by atoms with van der Waals surface area (Å²) < 4.78 is 25.5. The first-order valence-electron chi connectivity index (χ1n) is 10.0. The molecular formula is C21H29FN4O2. The third kappa shape index (κ3) is 3.83. The van der Waals surface area contributed by atoms with Crippen LogP contribution in [-0.2, 0) is 9.47 Å². The van der Waals surface area contributed by atoms with E-state index in [-0.39, 0.29) is 35.0 Å². The van der Waals surface area contributed by atoms with E-state index in [4.69, 9.17) is 9.47 Å². The second kappa shape index (κ2) is 7.54. The first-order chi connectivity index (χ1) is 13.4. The third-order valence-electron chi connectivity index (χ3n) is 6.01. The van der Waals surface area contributed by atoms with Gasteiger partial charge in [0.05, 0.1) is 23.9 Å². The largest absolute Gasteiger partial charge is 0.381 e. The summed E-state index contributed by atoms with van der Waals surface area (Å²) >= 11 is 0. The summed E-state index contributed by atoms with van der Waals surface area (Å²) in [5.74, 6) is -0.245. The van der Waals surface area contributed by atoms with Crippen LogP contribution in [-0.4, -0.2) is 46.4 Å². The van der Waals surface area contributed by atoms with Gasteiger partial charge in [-0.2, -0.15) is 15.4 Å². The zero-order valence-corrected chi connectivity index (χ0v) is 16.7. The SMILES string of the molecule is CC(C)(C)OC1CC(NC(c2ccc(F)cc2)c2cn[nH]n2)C12CCOCC2. The molecule has 2 aromatic rings. The number of hydrogen-bond acceptors (Lipinski definition) is 5. The Bertz CT molecular complexity index is 767. The zero-order chi connectivity index (χ0) is 19.8. The number of rotatable bonds is 5. The smallest absolute Gasteiger partial charge is 0.123 e. The molecule has 1 aromatic heterocycles. The van der Waals surface area contributed by atoms with E-state index in [1.165, 1.54) is 12.1 Å². The molecule has 0 bridgehead atoms. The predicted molar refractivity (Wildman–Crippen MR) is 103 cm³/mol. The molecule has 6 nitrogen and oxygen atoms in total. The third-order valence-corrected chi connectivity index (χ3v) is 6.01. The van der Waals surface area contributed by atoms with E-state index in [9.17, 15) is 4.39 Å². The molecule has 1 aliphatic heterocycles. The lowest BCUT2D eigenvalue weighted by molar-refractivity contribution is -0.213. The number of nitrogens with one attached hydrogen (secondary N) is 2. The Morgan fingerprint density at radius 2 is 1.96 bits per heavy atom. The molecule has 1 aliphatic carbocycles. The van der Waals surface area contributed by atoms with Crippen molar-refractivity contribution in [3.05, 3.63) is 47.5 Å². The maximum absolute atomic E-state index is 13.4. The lowest BCUT2D eigenvalue weighted by Crippen LogP contribution is -2.67. The number of aromatic nitrogens is 3. The number of halogens is 1. The average Bonchev–Trinajstić information content (AvgIpc) is 3.19. The standard InChI is InChI=1S/C21H29FN4O2/c1-20(2,3)28-18-12-17(21(18)8-10-27-11-9-21)24-19(16-13-23-26-25-16)14-4-6-15(22)7-5-14/h4-7,13,17-19,24H,8-12H2,1-3H3,(H,23,25,26). The minimum absolute atomic E-state index is 0.0492. The average molecular weight is 388 g/mol. The number of hydrogen-bond donors (Lipinski definition) is 2. The summed E-state index contributed by atoms with van der Waals surface area (Å²) in [4.78, 5) is 0. The molecule has 152 valence electrons. The van der Waals surface area contributed by atoms with Crippen LogP contribution in [0.2, 0.25) is 0 Å². The van der Waals surface area contributed by atoms with Crippen molar-refractivity contribution in [3.8, 4) is 0 Å². The van der Waals surface area contributed by atoms with Crippen molar-refractivity contribution in [2.45, 2.75) is 63.8 Å². The number of H-pyrrole nitrogens is 1. The molecule has 2 N–H and O–H groups in total. The monoisotopic (exact) mass is 388 g/mol. The van der Waals surface area contributed by atoms with Gasteiger partial charge in [0.2, 0.25) is 0 Å². The minimum Gasteiger partial charge on any atom is -0.381 e. The molecule has 3 atom stereocenters. The molecule has 2 aliphatic rings. The van der Waals surface area contributed by atoms with E-state index in [2.05, 4.69) is 41.5 Å². The fraction of sp³-hybridized carbons (Fsp3) is 0.619. The van der Waals surface area contributed by atoms with Crippen LogP contribution in [0.25, 0.3) is 0 Å². The molecular weight excluding hydrogens is 359 g/mol. The van der Waals surface area contributed by atoms with Gasteiger partial charge in [0.1, 0.15) is 11.5 Å². The van der Waals surface area contributed by atoms with Crippen molar-refractivity contribution >= 4 is 0 Å². The van der Waals surface area contributed by atoms with Crippen molar-refractivity contribution in [2.75, 3.05) is 13.2 Å². The van der Waals surface area contributed by atoms with Gasteiger partial charge in [-0.25, -0.2) is 4.39 Å². The van der Waals surface area contributed by atoms with Crippen LogP contribution >= 0.6 is 0 Å². The van der Waals surface area contributed by atoms with Crippen molar-refractivity contribution in [2.24, 2.45) is 5.41 Å². The first kappa shape index (κ1) is 19.5. The van der Waals surface area contributed by atoms with Crippen LogP contribution in [0.5, 0.6) is 0 Å². The summed E-state index contributed by atoms with van der Waals surface area (Å²) in [7, 11) is 0. The lowest BCUT2D eigenvalue weighted by Gasteiger charge is -2.59. The van der Waals surface area contributed by atoms with Crippen LogP contribution in [0.4, 0.5) is 4.39 Å². The molecule has 0 amide bonds. The lowest BCUT2D eigenvalue weighted by atomic mass is 9.57. The summed E-state index contributed by atoms with van der Waals surface area (Å²) in [6.45, 7) is 7.84. The number of ether oxygens (including phenoxy) is 2. The fourth-order valence-electron chi connectivity index (χ4n) is 4.55. The van der Waals surface area contributed by atoms with Crippen molar-refractivity contribution in [3.63, 3.8) is 0 Å². The highest BCUT2D eigenvalue weighted by Crippen LogP contribution is 2.52. The molecule has 4 rings (SSSR count). The van der Waals surface area contributed by atoms with E-state index in [1.54, 1.807) is 18.3 Å². The molecule has 7 heteroatoms. The van der Waals surface area contributed by atoms with Crippen LogP contribution in [0.1, 0.15) is 57.3 Å². The number of nitrogens with zero attached hydrogens (tertiary/aromatic N) is 2. The Labute approximate surface area is 165 Å². The molecule has 1 aromatic carbocycles. The van der Waals surface area contributed by atoms with E-state index >= 15 is 0 Å². The highest BCUT2D eigenvalue weighted by atomic mass is 19.1. The highest BCUT2D eigenvalue weighted by Gasteiger charge is 2.57. The molecule has 0 radical (unpaired) electrons. The minimum atomic E-state index is -0.245. The normalized spacial score (nSPS) is 25.4. The van der Waals surface area contributed by atoms with Crippen LogP contribution in [0, 0.1) is 11.2 Å². The quantitative estimate of drug-likeness (QED) is 0.822. The Kier molecular flexibility index (Phi) is 5.24. The zero-order valence-electron chi connectivity index (χ0n) is 16.7. The molecule has 3 unspecified atom stereocenters. The van der Waals surface area contributed by atoms with Gasteiger partial charge in [-0.15, -0.1) is 0 Å². The summed E-state index contributed by atoms with van der Waals surface area (Å²) in [6.07, 6.45) is 4.81. The van der Waals surface area contributed by atoms with Gasteiger partial charge >= 0.3 is 0 Å². The van der Waals surface area contributed by atoms with Gasteiger partial charge in [-0.1, -0.05) is 12.1 Å². The Hall–Kier alpha value is -1.83. The van der Waals surface area contributed by atoms with E-state index in [0.717, 1.165) is 43.7 Å². The van der Waals surface area contributed by atoms with Gasteiger partial charge in [-0.3, -0.25) is 0 Å². The molecule has 2 heterocycles. The maximum atomic E-state index is 13.4. The molecule has 1 saturated heterocycles. The molecule has 2 fully saturated rings. The van der Waals surface area contributed by atoms with Gasteiger partial charge in [-0.05, 0) is 57.7 Å². The van der Waals surface area contributed by atoms with Crippen molar-refractivity contribution < 1.29 is 13.9 Å². The van der Waals surface area contributed by atoms with Crippen LogP contribution in [0.15, 0.2) is 30.5 Å². The molecule has 28 heavy (non-hydrogen) atoms. The van der Waals surface area contributed by atoms with Gasteiger partial charge in [0.15, 0.2) is 0 Å². The van der Waals surface area contributed by atoms with Gasteiger partial charge in [0, 0.05) is 24.7 Å². The topological polar surface area (TPSA) is 72.1 Å². The van der Waals surface area contributed by atoms with E-state index in [0.29, 0.717) is 0 Å². The fourth-order valence-corrected chi connectivity index (χ4v) is 4.55. The summed E-state index contributed by atoms with van der Waals surface area (Å²) in [5, 5.41) is 14.7. The van der Waals surface area contributed by atoms with E-state index < -0.39 is 0 Å². The number of aromatic amines is 1. The number of benzene rings is 1. The van der Waals surface area contributed by atoms with Crippen molar-refractivity contribution in [1.29, 1.82) is 0 Å². The second-order valence-electron chi connectivity index (χ2n) is 8.90. The van der Waals surface area contributed by atoms with Crippen molar-refractivity contribution in [1.82, 2.24) is 20.7 Å². The predicted octanol–water partition coefficient (Wildman–Crippen LogP) is 3.38. The summed E-state index contributed by atoms with van der Waals surface area (Å²) in [6, 6.07) is 6.71. The first-order valence-corrected chi connectivity index (χ1v) is 10.0. The van der Waals surface area contributed by atoms with Gasteiger partial charge in [0.25, 0.3) is 0 Å². The maximum Gasteiger partial charge on any atom is 0.123 e. The Morgan fingerprint density at radius 1 is 1.25 bits per heavy atom. The molecule has 1 saturated carbocycles. The molecule has 1 spiro atoms. The van der Waals surface area contributed by atoms with Gasteiger partial charge < -0.3 is 14.8 Å². The van der Waals surface area contributed by atoms with E-state index in [1.807, 2.05) is 0 Å². The second-order valence-corrected chi connectivity index (χ2v) is 8.90. The summed E-state index contributed by atoms with van der Waals surface area (Å²) in [5.41, 5.74) is 1.64. The Morgan fingerprint density at radius 3 is 2.57 bits per heavy atom. The Balaban J connectivity index is 1.58. The highest BCUT2D eigenvalue weighted by molar-refractivity contribution is 5.28. The van der Waals surface area contributed by atoms with Crippen LogP contribution in [0.3, 0.4) is 0 Å².